The van der Waals surface area contributed by atoms with Crippen molar-refractivity contribution in [1.82, 2.24) is 9.55 Å². The Bertz CT molecular complexity index is 4230. The summed E-state index contributed by atoms with van der Waals surface area (Å²) in [5.41, 5.74) is 16.0. The van der Waals surface area contributed by atoms with E-state index in [4.69, 9.17) is 9.72 Å². The Morgan fingerprint density at radius 3 is 1.46 bits per heavy atom. The van der Waals surface area contributed by atoms with Crippen molar-refractivity contribution in [2.75, 3.05) is 9.80 Å². The predicted molar refractivity (Wildman–Crippen MR) is 351 cm³/mol. The van der Waals surface area contributed by atoms with Gasteiger partial charge >= 0.3 is 0 Å². The van der Waals surface area contributed by atoms with Gasteiger partial charge in [0.2, 0.25) is 0 Å². The topological polar surface area (TPSA) is 33.5 Å². The molecule has 0 unspecified atom stereocenters. The van der Waals surface area contributed by atoms with Crippen LogP contribution in [-0.2, 0) is 48.1 Å². The number of para-hydroxylation sites is 1. The van der Waals surface area contributed by atoms with Gasteiger partial charge < -0.3 is 19.1 Å². The van der Waals surface area contributed by atoms with E-state index in [1.165, 1.54) is 44.6 Å². The summed E-state index contributed by atoms with van der Waals surface area (Å²) in [6.45, 7) is 30.1. The fraction of sp³-hybridized carbons (Fsp3) is 0.215. The SMILES string of the molecule is CC(C)(C)c1cc(-c2ccccc2)cc(N2[CH-]N(c3[c-]c(Oc4[c-]c5c(c(C(C)(C)C)c4)c4ccccc4n5-c4cc(C(C)(C)c5ccccc5)ccn4)cc(-c4ccccc4)c3)C(C(C)(C)c3ccccc3)=C2C(C)(C)c2ccccc2)c1.[Pt]. The van der Waals surface area contributed by atoms with E-state index in [1.807, 2.05) is 6.20 Å². The Morgan fingerprint density at radius 1 is 0.412 bits per heavy atom. The number of benzene rings is 9. The van der Waals surface area contributed by atoms with Gasteiger partial charge in [0.25, 0.3) is 0 Å². The molecule has 3 heterocycles. The van der Waals surface area contributed by atoms with E-state index in [-0.39, 0.29) is 37.3 Å². The van der Waals surface area contributed by atoms with Gasteiger partial charge in [0, 0.05) is 77.6 Å². The number of pyridine rings is 1. The van der Waals surface area contributed by atoms with E-state index in [0.29, 0.717) is 11.5 Å². The van der Waals surface area contributed by atoms with Crippen LogP contribution in [0.5, 0.6) is 11.5 Å². The second-order valence-electron chi connectivity index (χ2n) is 26.3. The van der Waals surface area contributed by atoms with Gasteiger partial charge in [0.05, 0.1) is 0 Å². The summed E-state index contributed by atoms with van der Waals surface area (Å²) in [5.74, 6) is 1.99. The summed E-state index contributed by atoms with van der Waals surface area (Å²) in [6.07, 6.45) is 1.95. The van der Waals surface area contributed by atoms with Crippen LogP contribution in [0.2, 0.25) is 0 Å². The molecule has 6 heteroatoms. The minimum Gasteiger partial charge on any atom is -0.509 e. The van der Waals surface area contributed by atoms with Crippen molar-refractivity contribution >= 4 is 33.2 Å². The molecule has 2 aromatic heterocycles. The molecule has 12 rings (SSSR count). The smallest absolute Gasteiger partial charge is 0.135 e. The summed E-state index contributed by atoms with van der Waals surface area (Å²) < 4.78 is 9.67. The molecule has 430 valence electrons. The number of nitrogens with zero attached hydrogens (tertiary/aromatic N) is 4. The Hall–Kier alpha value is -8.24. The van der Waals surface area contributed by atoms with Crippen LogP contribution in [-0.4, -0.2) is 9.55 Å². The van der Waals surface area contributed by atoms with Gasteiger partial charge in [-0.05, 0) is 91.1 Å². The fourth-order valence-electron chi connectivity index (χ4n) is 12.4. The van der Waals surface area contributed by atoms with Gasteiger partial charge in [0.15, 0.2) is 0 Å². The molecule has 0 atom stereocenters. The minimum atomic E-state index is -0.551. The third kappa shape index (κ3) is 11.1. The van der Waals surface area contributed by atoms with E-state index < -0.39 is 10.8 Å². The van der Waals surface area contributed by atoms with Gasteiger partial charge in [-0.1, -0.05) is 270 Å². The molecule has 11 aromatic rings. The summed E-state index contributed by atoms with van der Waals surface area (Å²) in [4.78, 5) is 10.0. The first-order valence-corrected chi connectivity index (χ1v) is 29.5. The number of rotatable bonds is 13. The molecule has 85 heavy (non-hydrogen) atoms. The maximum Gasteiger partial charge on any atom is 0.135 e. The molecule has 0 amide bonds. The Morgan fingerprint density at radius 2 is 0.906 bits per heavy atom. The molecule has 1 aliphatic rings. The van der Waals surface area contributed by atoms with E-state index >= 15 is 0 Å². The zero-order valence-electron chi connectivity index (χ0n) is 51.0. The first kappa shape index (κ1) is 58.5. The zero-order chi connectivity index (χ0) is 58.8. The standard InChI is InChI=1S/C79H75N4O.Pt/c1-75(2,3)62-44-56(54-30-18-13-19-31-54)45-63(48-62)81-53-82(74(79(11,12)60-38-26-17-27-39-60)73(81)78(9,10)59-36-24-16-25-37-59)64-46-57(55-32-20-14-21-33-55)47-65(50-64)84-66-51-68(76(4,5)6)72-67-40-28-29-41-69(67)83(70(72)52-66)71-49-61(42-43-80-71)77(7,8)58-34-22-15-23-35-58;/h13-49,51,53H,1-12H3;/q-3;. The molecule has 0 bridgehead atoms. The average Bonchev–Trinajstić information content (AvgIpc) is 1.90. The van der Waals surface area contributed by atoms with Crippen LogP contribution in [0.15, 0.2) is 242 Å². The van der Waals surface area contributed by atoms with Crippen LogP contribution in [0.1, 0.15) is 116 Å². The first-order chi connectivity index (χ1) is 40.2. The normalized spacial score (nSPS) is 13.4. The molecule has 0 spiro atoms. The van der Waals surface area contributed by atoms with E-state index in [9.17, 15) is 0 Å². The van der Waals surface area contributed by atoms with Gasteiger partial charge in [-0.2, -0.15) is 0 Å². The first-order valence-electron chi connectivity index (χ1n) is 29.5. The fourth-order valence-corrected chi connectivity index (χ4v) is 12.4. The van der Waals surface area contributed by atoms with Crippen molar-refractivity contribution < 1.29 is 25.8 Å². The largest absolute Gasteiger partial charge is 0.509 e. The predicted octanol–water partition coefficient (Wildman–Crippen LogP) is 20.4. The number of anilines is 2. The van der Waals surface area contributed by atoms with E-state index in [0.717, 1.165) is 61.4 Å². The summed E-state index contributed by atoms with van der Waals surface area (Å²) >= 11 is 0. The van der Waals surface area contributed by atoms with Crippen molar-refractivity contribution in [2.24, 2.45) is 0 Å². The van der Waals surface area contributed by atoms with Crippen LogP contribution in [0.25, 0.3) is 49.9 Å². The third-order valence-corrected chi connectivity index (χ3v) is 17.4. The van der Waals surface area contributed by atoms with Crippen LogP contribution in [0, 0.1) is 18.8 Å². The van der Waals surface area contributed by atoms with Crippen LogP contribution in [0.3, 0.4) is 0 Å². The van der Waals surface area contributed by atoms with Crippen LogP contribution >= 0.6 is 0 Å². The molecule has 0 radical (unpaired) electrons. The molecule has 9 aromatic carbocycles. The van der Waals surface area contributed by atoms with Crippen molar-refractivity contribution in [3.05, 3.63) is 294 Å². The molecule has 5 nitrogen and oxygen atoms in total. The monoisotopic (exact) mass is 1290 g/mol. The van der Waals surface area contributed by atoms with Gasteiger partial charge in [-0.15, -0.1) is 53.8 Å². The number of aromatic nitrogens is 2. The number of hydrogen-bond donors (Lipinski definition) is 0. The van der Waals surface area contributed by atoms with Gasteiger partial charge in [-0.3, -0.25) is 0 Å². The molecule has 0 saturated carbocycles. The molecule has 0 aliphatic carbocycles. The van der Waals surface area contributed by atoms with E-state index in [2.05, 4.69) is 341 Å². The Labute approximate surface area is 519 Å². The van der Waals surface area contributed by atoms with Crippen molar-refractivity contribution in [2.45, 2.75) is 110 Å². The zero-order valence-corrected chi connectivity index (χ0v) is 53.3. The third-order valence-electron chi connectivity index (χ3n) is 17.4. The van der Waals surface area contributed by atoms with Gasteiger partial charge in [-0.25, -0.2) is 4.98 Å². The average molecular weight is 1290 g/mol. The maximum absolute atomic E-state index is 7.39. The van der Waals surface area contributed by atoms with Crippen molar-refractivity contribution in [3.63, 3.8) is 0 Å². The summed E-state index contributed by atoms with van der Waals surface area (Å²) in [6, 6.07) is 88.7. The molecule has 0 saturated heterocycles. The van der Waals surface area contributed by atoms with Crippen molar-refractivity contribution in [3.8, 4) is 39.6 Å². The summed E-state index contributed by atoms with van der Waals surface area (Å²) in [7, 11) is 0. The second-order valence-corrected chi connectivity index (χ2v) is 26.3. The van der Waals surface area contributed by atoms with Crippen molar-refractivity contribution in [1.29, 1.82) is 0 Å². The molecular weight excluding hydrogens is 1220 g/mol. The number of ether oxygens (including phenoxy) is 1. The molecule has 0 N–H and O–H groups in total. The summed E-state index contributed by atoms with van der Waals surface area (Å²) in [5, 5.41) is 2.27. The maximum atomic E-state index is 7.39. The molecule has 1 aliphatic heterocycles. The quantitative estimate of drug-likeness (QED) is 0.108. The molecular formula is C79H75N4OPt-3. The Balaban J connectivity index is 0.00000752. The number of fused-ring (bicyclic) bond motifs is 3. The number of allylic oxidation sites excluding steroid dienone is 2. The van der Waals surface area contributed by atoms with Gasteiger partial charge in [0.1, 0.15) is 5.82 Å². The number of hydrogen-bond acceptors (Lipinski definition) is 4. The van der Waals surface area contributed by atoms with Crippen LogP contribution in [0.4, 0.5) is 11.4 Å². The second kappa shape index (κ2) is 22.6. The van der Waals surface area contributed by atoms with Crippen LogP contribution < -0.4 is 14.5 Å². The Kier molecular flexibility index (Phi) is 15.6. The minimum absolute atomic E-state index is 0. The molecule has 0 fully saturated rings. The van der Waals surface area contributed by atoms with E-state index in [1.54, 1.807) is 0 Å².